The number of benzene rings is 13. The molecule has 0 spiro atoms. The van der Waals surface area contributed by atoms with Crippen LogP contribution in [0.25, 0.3) is 190 Å². The summed E-state index contributed by atoms with van der Waals surface area (Å²) in [5.74, 6) is 0. The molecule has 0 atom stereocenters. The largest absolute Gasteiger partial charge is 0.256 e. The van der Waals surface area contributed by atoms with Crippen molar-refractivity contribution in [2.45, 2.75) is 6.42 Å². The minimum Gasteiger partial charge on any atom is -0.256 e. The van der Waals surface area contributed by atoms with E-state index in [1.807, 2.05) is 61.5 Å². The van der Waals surface area contributed by atoms with Crippen molar-refractivity contribution < 1.29 is 0 Å². The van der Waals surface area contributed by atoms with E-state index in [0.29, 0.717) is 0 Å². The summed E-state index contributed by atoms with van der Waals surface area (Å²) in [5.41, 5.74) is 37.7. The third kappa shape index (κ3) is 14.8. The Bertz CT molecular complexity index is 6510. The summed E-state index contributed by atoms with van der Waals surface area (Å²) in [6, 6.07) is 138. The van der Waals surface area contributed by atoms with Crippen LogP contribution in [0.15, 0.2) is 436 Å². The van der Waals surface area contributed by atoms with Gasteiger partial charge in [-0.25, -0.2) is 0 Å². The Hall–Kier alpha value is -15.2. The third-order valence-electron chi connectivity index (χ3n) is 21.7. The van der Waals surface area contributed by atoms with Crippen molar-refractivity contribution in [1.82, 2.24) is 24.9 Å². The molecule has 6 heterocycles. The lowest BCUT2D eigenvalue weighted by Crippen LogP contribution is -1.94. The first-order valence-electron chi connectivity index (χ1n) is 39.0. The van der Waals surface area contributed by atoms with Crippen LogP contribution in [0.3, 0.4) is 0 Å². The molecule has 1 aliphatic rings. The summed E-state index contributed by atoms with van der Waals surface area (Å²) in [4.78, 5) is 30.6. The highest BCUT2D eigenvalue weighted by Gasteiger charge is 2.22. The fourth-order valence-electron chi connectivity index (χ4n) is 15.9. The van der Waals surface area contributed by atoms with Crippen molar-refractivity contribution >= 4 is 17.5 Å². The molecule has 6 nitrogen and oxygen atoms in total. The van der Waals surface area contributed by atoms with Crippen LogP contribution in [-0.2, 0) is 0 Å². The first kappa shape index (κ1) is 70.2. The van der Waals surface area contributed by atoms with Gasteiger partial charge in [0.1, 0.15) is 0 Å². The standard InChI is InChI=1S/C109H74N6/c1-5-27-74(28-6-1)104-50-26-37-80(68-110-104)92-38-13-19-44-98(92)86-62-87(99-45-20-14-39-93(99)81-51-56-105(111-69-81)75-29-7-2-8-30-75)64-88(63-86)102-48-23-17-42-96(102)84-54-59-108(114-72-84)78-35-25-36-79(61-78)109-60-55-85(73-115-109)97-43-18-24-49-103(97)91-66-89(100-46-21-15-40-94(100)82-52-57-106(112-70-82)76-31-9-3-10-32-76)65-90(67-91)101-47-22-16-41-95(101)83-53-58-107(113-71-83)77-33-11-4-12-34-77/h1-25,27-73H,26H2. The molecule has 0 aliphatic carbocycles. The molecule has 0 unspecified atom stereocenters. The Morgan fingerprint density at radius 3 is 0.643 bits per heavy atom. The van der Waals surface area contributed by atoms with Gasteiger partial charge in [-0.15, -0.1) is 0 Å². The monoisotopic (exact) mass is 1470 g/mol. The van der Waals surface area contributed by atoms with E-state index in [4.69, 9.17) is 29.9 Å². The molecule has 0 amide bonds. The van der Waals surface area contributed by atoms with E-state index >= 15 is 0 Å². The van der Waals surface area contributed by atoms with Crippen molar-refractivity contribution in [1.29, 1.82) is 0 Å². The number of aliphatic imine (C=N–C) groups is 1. The van der Waals surface area contributed by atoms with Gasteiger partial charge in [0.2, 0.25) is 0 Å². The van der Waals surface area contributed by atoms with Crippen molar-refractivity contribution in [2.24, 2.45) is 4.99 Å². The van der Waals surface area contributed by atoms with E-state index in [1.165, 1.54) is 0 Å². The molecular weight excluding hydrogens is 1390 g/mol. The average molecular weight is 1470 g/mol. The zero-order valence-corrected chi connectivity index (χ0v) is 63.0. The van der Waals surface area contributed by atoms with Gasteiger partial charge in [-0.1, -0.05) is 328 Å². The number of allylic oxidation sites excluding steroid dienone is 3. The van der Waals surface area contributed by atoms with Crippen molar-refractivity contribution in [3.05, 3.63) is 443 Å². The lowest BCUT2D eigenvalue weighted by molar-refractivity contribution is 1.31. The second-order valence-electron chi connectivity index (χ2n) is 28.8. The van der Waals surface area contributed by atoms with Gasteiger partial charge < -0.3 is 0 Å². The van der Waals surface area contributed by atoms with Crippen LogP contribution in [0, 0.1) is 0 Å². The molecule has 19 rings (SSSR count). The Labute approximate surface area is 670 Å². The molecule has 0 N–H and O–H groups in total. The number of aromatic nitrogens is 5. The van der Waals surface area contributed by atoms with Crippen molar-refractivity contribution in [2.75, 3.05) is 0 Å². The highest BCUT2D eigenvalue weighted by atomic mass is 14.7. The van der Waals surface area contributed by atoms with Crippen LogP contribution in [0.2, 0.25) is 0 Å². The molecule has 0 radical (unpaired) electrons. The second-order valence-corrected chi connectivity index (χ2v) is 28.8. The van der Waals surface area contributed by atoms with E-state index < -0.39 is 0 Å². The topological polar surface area (TPSA) is 76.8 Å². The lowest BCUT2D eigenvalue weighted by Gasteiger charge is -2.18. The maximum atomic E-state index is 5.25. The molecule has 115 heavy (non-hydrogen) atoms. The number of nitrogens with zero attached hydrogens (tertiary/aromatic N) is 6. The van der Waals surface area contributed by atoms with Crippen LogP contribution in [0.5, 0.6) is 0 Å². The van der Waals surface area contributed by atoms with Gasteiger partial charge in [0.05, 0.1) is 34.2 Å². The third-order valence-corrected chi connectivity index (χ3v) is 21.7. The minimum atomic E-state index is 0.754. The maximum Gasteiger partial charge on any atom is 0.0702 e. The summed E-state index contributed by atoms with van der Waals surface area (Å²) in [6.45, 7) is 0. The Balaban J connectivity index is 0.642. The van der Waals surface area contributed by atoms with Crippen molar-refractivity contribution in [3.8, 4) is 179 Å². The van der Waals surface area contributed by atoms with Gasteiger partial charge in [-0.3, -0.25) is 29.9 Å². The SMILES string of the molecule is C1=NC(c2ccccc2)=CCC=C1c1ccccc1-c1cc(-c2ccccc2-c2ccc(-c3ccccc3)nc2)cc(-c2ccccc2-c2ccc(-c3cccc(-c4ccc(-c5ccccc5-c5cc(-c6ccccc6-c6ccc(-c7ccccc7)nc6)cc(-c6ccccc6-c6ccc(-c7ccccc7)nc6)c5)cn4)c3)nc2)c1. The van der Waals surface area contributed by atoms with Gasteiger partial charge >= 0.3 is 0 Å². The Morgan fingerprint density at radius 1 is 0.157 bits per heavy atom. The normalized spacial score (nSPS) is 11.9. The van der Waals surface area contributed by atoms with Gasteiger partial charge in [0.25, 0.3) is 0 Å². The van der Waals surface area contributed by atoms with E-state index in [1.54, 1.807) is 0 Å². The minimum absolute atomic E-state index is 0.754. The van der Waals surface area contributed by atoms with Crippen molar-refractivity contribution in [3.63, 3.8) is 0 Å². The molecule has 1 aliphatic heterocycles. The fraction of sp³-hybridized carbons (Fsp3) is 0.00917. The molecule has 0 bridgehead atoms. The number of rotatable bonds is 18. The van der Waals surface area contributed by atoms with E-state index in [0.717, 1.165) is 208 Å². The Kier molecular flexibility index (Phi) is 19.5. The molecule has 0 saturated carbocycles. The van der Waals surface area contributed by atoms with Crippen LogP contribution < -0.4 is 0 Å². The second kappa shape index (κ2) is 32.0. The predicted octanol–water partition coefficient (Wildman–Crippen LogP) is 28.2. The van der Waals surface area contributed by atoms with Gasteiger partial charge in [-0.05, 0) is 190 Å². The molecule has 540 valence electrons. The van der Waals surface area contributed by atoms with E-state index in [9.17, 15) is 0 Å². The Morgan fingerprint density at radius 2 is 0.374 bits per heavy atom. The molecule has 6 heteroatoms. The summed E-state index contributed by atoms with van der Waals surface area (Å²) >= 11 is 0. The lowest BCUT2D eigenvalue weighted by atomic mass is 9.86. The molecule has 5 aromatic heterocycles. The first-order valence-corrected chi connectivity index (χ1v) is 39.0. The van der Waals surface area contributed by atoms with Crippen LogP contribution in [0.1, 0.15) is 17.5 Å². The molecule has 0 saturated heterocycles. The molecular formula is C109H74N6. The summed E-state index contributed by atoms with van der Waals surface area (Å²) < 4.78 is 0. The quantitative estimate of drug-likeness (QED) is 0.0855. The number of hydrogen-bond donors (Lipinski definition) is 0. The highest BCUT2D eigenvalue weighted by molar-refractivity contribution is 6.14. The number of hydrogen-bond acceptors (Lipinski definition) is 6. The fourth-order valence-corrected chi connectivity index (χ4v) is 15.9. The molecule has 13 aromatic carbocycles. The summed E-state index contributed by atoms with van der Waals surface area (Å²) in [5, 5.41) is 0. The zero-order valence-electron chi connectivity index (χ0n) is 63.0. The van der Waals surface area contributed by atoms with Crippen LogP contribution in [0.4, 0.5) is 0 Å². The smallest absolute Gasteiger partial charge is 0.0702 e. The van der Waals surface area contributed by atoms with Crippen LogP contribution in [-0.4, -0.2) is 31.1 Å². The zero-order chi connectivity index (χ0) is 76.6. The van der Waals surface area contributed by atoms with E-state index in [2.05, 4.69) is 376 Å². The van der Waals surface area contributed by atoms with Gasteiger partial charge in [0, 0.05) is 92.8 Å². The van der Waals surface area contributed by atoms with Gasteiger partial charge in [0.15, 0.2) is 0 Å². The summed E-state index contributed by atoms with van der Waals surface area (Å²) in [7, 11) is 0. The predicted molar refractivity (Wildman–Crippen MR) is 478 cm³/mol. The first-order chi connectivity index (χ1) is 57.0. The maximum absolute atomic E-state index is 5.25. The van der Waals surface area contributed by atoms with E-state index in [-0.39, 0.29) is 0 Å². The average Bonchev–Trinajstić information content (AvgIpc) is 0.936. The summed E-state index contributed by atoms with van der Waals surface area (Å²) in [6.07, 6.45) is 17.3. The van der Waals surface area contributed by atoms with Gasteiger partial charge in [-0.2, -0.15) is 0 Å². The molecule has 18 aromatic rings. The molecule has 0 fully saturated rings. The van der Waals surface area contributed by atoms with Crippen LogP contribution >= 0.6 is 0 Å². The number of pyridine rings is 5. The highest BCUT2D eigenvalue weighted by Crippen LogP contribution is 2.46.